The summed E-state index contributed by atoms with van der Waals surface area (Å²) in [5, 5.41) is 27.9. The maximum absolute atomic E-state index is 11.8. The number of rotatable bonds is 7. The summed E-state index contributed by atoms with van der Waals surface area (Å²) >= 11 is 0. The van der Waals surface area contributed by atoms with Crippen LogP contribution in [0.4, 0.5) is 0 Å². The number of phenols is 3. The zero-order valence-corrected chi connectivity index (χ0v) is 12.4. The number of benzene rings is 1. The van der Waals surface area contributed by atoms with Crippen molar-refractivity contribution in [3.63, 3.8) is 0 Å². The monoisotopic (exact) mass is 294 g/mol. The smallest absolute Gasteiger partial charge is 0.338 e. The summed E-state index contributed by atoms with van der Waals surface area (Å²) < 4.78 is 5.13. The van der Waals surface area contributed by atoms with Crippen LogP contribution in [0, 0.1) is 5.92 Å². The summed E-state index contributed by atoms with van der Waals surface area (Å²) in [4.78, 5) is 11.8. The second-order valence-electron chi connectivity index (χ2n) is 5.42. The Morgan fingerprint density at radius 3 is 2.38 bits per heavy atom. The molecule has 0 saturated carbocycles. The van der Waals surface area contributed by atoms with Gasteiger partial charge < -0.3 is 20.1 Å². The molecule has 0 aliphatic heterocycles. The first-order valence-electron chi connectivity index (χ1n) is 6.87. The van der Waals surface area contributed by atoms with Crippen LogP contribution in [0.15, 0.2) is 24.3 Å². The van der Waals surface area contributed by atoms with Crippen molar-refractivity contribution in [2.24, 2.45) is 5.92 Å². The van der Waals surface area contributed by atoms with E-state index in [9.17, 15) is 20.1 Å². The highest BCUT2D eigenvalue weighted by atomic mass is 16.5. The van der Waals surface area contributed by atoms with E-state index in [1.54, 1.807) is 0 Å². The fourth-order valence-corrected chi connectivity index (χ4v) is 1.86. The van der Waals surface area contributed by atoms with Gasteiger partial charge in [-0.05, 0) is 44.2 Å². The van der Waals surface area contributed by atoms with E-state index in [0.717, 1.165) is 37.0 Å². The van der Waals surface area contributed by atoms with Crippen LogP contribution >= 0.6 is 0 Å². The van der Waals surface area contributed by atoms with Gasteiger partial charge in [0, 0.05) is 0 Å². The van der Waals surface area contributed by atoms with Crippen LogP contribution in [0.5, 0.6) is 17.2 Å². The number of allylic oxidation sites excluding steroid dienone is 1. The summed E-state index contributed by atoms with van der Waals surface area (Å²) in [6, 6.07) is 2.12. The number of hydrogen-bond donors (Lipinski definition) is 3. The molecule has 1 aromatic rings. The number of carbonyl (C=O) groups is 1. The molecule has 0 fully saturated rings. The minimum atomic E-state index is -0.653. The predicted molar refractivity (Wildman–Crippen MR) is 79.5 cm³/mol. The topological polar surface area (TPSA) is 87.0 Å². The minimum absolute atomic E-state index is 0.00284. The molecule has 1 rings (SSSR count). The lowest BCUT2D eigenvalue weighted by Gasteiger charge is -2.12. The Kier molecular flexibility index (Phi) is 6.09. The van der Waals surface area contributed by atoms with E-state index in [-0.39, 0.29) is 18.1 Å². The van der Waals surface area contributed by atoms with Gasteiger partial charge in [0.05, 0.1) is 12.2 Å². The van der Waals surface area contributed by atoms with Crippen molar-refractivity contribution in [3.8, 4) is 17.2 Å². The molecule has 3 N–H and O–H groups in total. The van der Waals surface area contributed by atoms with Gasteiger partial charge >= 0.3 is 5.97 Å². The molecule has 0 aliphatic carbocycles. The molecule has 0 saturated heterocycles. The third-order valence-electron chi connectivity index (χ3n) is 3.10. The molecule has 5 heteroatoms. The van der Waals surface area contributed by atoms with Crippen LogP contribution in [0.25, 0.3) is 0 Å². The van der Waals surface area contributed by atoms with Gasteiger partial charge in [-0.1, -0.05) is 12.5 Å². The molecule has 1 atom stereocenters. The molecule has 21 heavy (non-hydrogen) atoms. The van der Waals surface area contributed by atoms with Crippen molar-refractivity contribution in [3.05, 3.63) is 29.8 Å². The molecular formula is C16H22O5. The van der Waals surface area contributed by atoms with Crippen LogP contribution in [-0.4, -0.2) is 27.9 Å². The van der Waals surface area contributed by atoms with Crippen molar-refractivity contribution in [1.29, 1.82) is 0 Å². The Balaban J connectivity index is 2.48. The maximum Gasteiger partial charge on any atom is 0.338 e. The Bertz CT molecular complexity index is 498. The van der Waals surface area contributed by atoms with E-state index in [4.69, 9.17) is 4.74 Å². The highest BCUT2D eigenvalue weighted by Gasteiger charge is 2.15. The summed E-state index contributed by atoms with van der Waals surface area (Å²) in [6.07, 6.45) is 2.87. The zero-order valence-electron chi connectivity index (χ0n) is 12.4. The van der Waals surface area contributed by atoms with E-state index < -0.39 is 23.2 Å². The van der Waals surface area contributed by atoms with Crippen LogP contribution in [0.2, 0.25) is 0 Å². The fraction of sp³-hybridized carbons (Fsp3) is 0.438. The third kappa shape index (κ3) is 5.38. The molecule has 0 bridgehead atoms. The van der Waals surface area contributed by atoms with Crippen LogP contribution in [0.3, 0.4) is 0 Å². The Labute approximate surface area is 124 Å². The van der Waals surface area contributed by atoms with Crippen molar-refractivity contribution in [2.75, 3.05) is 6.61 Å². The van der Waals surface area contributed by atoms with E-state index in [1.807, 2.05) is 13.8 Å². The molecule has 0 radical (unpaired) electrons. The average Bonchev–Trinajstić information content (AvgIpc) is 2.41. The van der Waals surface area contributed by atoms with Gasteiger partial charge in [-0.25, -0.2) is 4.79 Å². The van der Waals surface area contributed by atoms with E-state index in [2.05, 4.69) is 6.58 Å². The molecule has 0 amide bonds. The van der Waals surface area contributed by atoms with Crippen LogP contribution in [-0.2, 0) is 4.74 Å². The first-order valence-corrected chi connectivity index (χ1v) is 6.87. The molecule has 5 nitrogen and oxygen atoms in total. The largest absolute Gasteiger partial charge is 0.504 e. The standard InChI is InChI=1S/C16H22O5/c1-10(2)5-4-6-11(3)9-21-16(20)12-7-13(17)15(19)14(18)8-12/h7-8,11,17-19H,1,4-6,9H2,2-3H3. The number of carbonyl (C=O) groups excluding carboxylic acids is 1. The molecular weight excluding hydrogens is 272 g/mol. The van der Waals surface area contributed by atoms with Crippen molar-refractivity contribution in [1.82, 2.24) is 0 Å². The highest BCUT2D eigenvalue weighted by molar-refractivity contribution is 5.91. The molecule has 116 valence electrons. The summed E-state index contributed by atoms with van der Waals surface area (Å²) in [7, 11) is 0. The zero-order chi connectivity index (χ0) is 16.0. The lowest BCUT2D eigenvalue weighted by molar-refractivity contribution is 0.0442. The number of phenolic OH excluding ortho intramolecular Hbond substituents is 3. The quantitative estimate of drug-likeness (QED) is 0.408. The SMILES string of the molecule is C=C(C)CCCC(C)COC(=O)c1cc(O)c(O)c(O)c1. The van der Waals surface area contributed by atoms with E-state index in [1.165, 1.54) is 0 Å². The molecule has 1 aromatic carbocycles. The third-order valence-corrected chi connectivity index (χ3v) is 3.10. The number of ether oxygens (including phenoxy) is 1. The van der Waals surface area contributed by atoms with Crippen molar-refractivity contribution >= 4 is 5.97 Å². The Hall–Kier alpha value is -2.17. The minimum Gasteiger partial charge on any atom is -0.504 e. The summed E-state index contributed by atoms with van der Waals surface area (Å²) in [5.74, 6) is -2.20. The number of aromatic hydroxyl groups is 3. The first-order chi connectivity index (χ1) is 9.81. The second kappa shape index (κ2) is 7.57. The number of hydrogen-bond acceptors (Lipinski definition) is 5. The van der Waals surface area contributed by atoms with Crippen molar-refractivity contribution < 1.29 is 24.9 Å². The second-order valence-corrected chi connectivity index (χ2v) is 5.42. The van der Waals surface area contributed by atoms with Crippen molar-refractivity contribution in [2.45, 2.75) is 33.1 Å². The van der Waals surface area contributed by atoms with Gasteiger partial charge in [-0.15, -0.1) is 6.58 Å². The summed E-state index contributed by atoms with van der Waals surface area (Å²) in [6.45, 7) is 8.06. The van der Waals surface area contributed by atoms with Crippen LogP contribution in [0.1, 0.15) is 43.5 Å². The number of esters is 1. The lowest BCUT2D eigenvalue weighted by Crippen LogP contribution is -2.12. The highest BCUT2D eigenvalue weighted by Crippen LogP contribution is 2.35. The van der Waals surface area contributed by atoms with Gasteiger partial charge in [-0.3, -0.25) is 0 Å². The molecule has 0 heterocycles. The van der Waals surface area contributed by atoms with E-state index in [0.29, 0.717) is 0 Å². The maximum atomic E-state index is 11.8. The molecule has 0 spiro atoms. The molecule has 0 aromatic heterocycles. The summed E-state index contributed by atoms with van der Waals surface area (Å²) in [5.41, 5.74) is 1.13. The molecule has 1 unspecified atom stereocenters. The Morgan fingerprint density at radius 1 is 1.29 bits per heavy atom. The van der Waals surface area contributed by atoms with Gasteiger partial charge in [0.25, 0.3) is 0 Å². The van der Waals surface area contributed by atoms with E-state index >= 15 is 0 Å². The predicted octanol–water partition coefficient (Wildman–Crippen LogP) is 3.34. The average molecular weight is 294 g/mol. The first kappa shape index (κ1) is 16.9. The molecule has 0 aliphatic rings. The van der Waals surface area contributed by atoms with Gasteiger partial charge in [0.2, 0.25) is 0 Å². The van der Waals surface area contributed by atoms with Gasteiger partial charge in [0.15, 0.2) is 17.2 Å². The van der Waals surface area contributed by atoms with Crippen LogP contribution < -0.4 is 0 Å². The normalized spacial score (nSPS) is 11.9. The lowest BCUT2D eigenvalue weighted by atomic mass is 10.0. The van der Waals surface area contributed by atoms with Gasteiger partial charge in [0.1, 0.15) is 0 Å². The van der Waals surface area contributed by atoms with Gasteiger partial charge in [-0.2, -0.15) is 0 Å². The Morgan fingerprint density at radius 2 is 1.86 bits per heavy atom. The fourth-order valence-electron chi connectivity index (χ4n) is 1.86.